The van der Waals surface area contributed by atoms with Gasteiger partial charge in [-0.05, 0) is 18.9 Å². The summed E-state index contributed by atoms with van der Waals surface area (Å²) in [5.41, 5.74) is 0.922. The largest absolute Gasteiger partial charge is 0.463 e. The van der Waals surface area contributed by atoms with E-state index in [4.69, 9.17) is 9.57 Å². The summed E-state index contributed by atoms with van der Waals surface area (Å²) < 4.78 is 4.86. The molecule has 17 heavy (non-hydrogen) atoms. The van der Waals surface area contributed by atoms with Gasteiger partial charge in [0.05, 0.1) is 12.8 Å². The molecular formula is C13H17NO3. The average molecular weight is 235 g/mol. The normalized spacial score (nSPS) is 12.4. The van der Waals surface area contributed by atoms with Crippen molar-refractivity contribution in [3.63, 3.8) is 0 Å². The molecule has 1 aromatic rings. The number of oxime groups is 1. The first-order valence-electron chi connectivity index (χ1n) is 5.68. The van der Waals surface area contributed by atoms with Crippen LogP contribution >= 0.6 is 0 Å². The number of rotatable bonds is 6. The molecule has 0 N–H and O–H groups in total. The van der Waals surface area contributed by atoms with Crippen LogP contribution in [-0.4, -0.2) is 24.9 Å². The van der Waals surface area contributed by atoms with E-state index in [-0.39, 0.29) is 5.97 Å². The van der Waals surface area contributed by atoms with E-state index in [0.717, 1.165) is 5.56 Å². The standard InChI is InChI=1S/C13H17NO3/c1-3-12(13(15)16-4-2)17-14-10-11-8-6-5-7-9-11/h5-10,12H,3-4H2,1-2H3/b14-10+. The number of carbonyl (C=O) groups is 1. The molecule has 1 aromatic carbocycles. The molecule has 4 heteroatoms. The number of esters is 1. The lowest BCUT2D eigenvalue weighted by atomic mass is 10.2. The van der Waals surface area contributed by atoms with Gasteiger partial charge in [-0.2, -0.15) is 0 Å². The molecule has 0 aliphatic carbocycles. The second kappa shape index (κ2) is 7.44. The first kappa shape index (κ1) is 13.2. The lowest BCUT2D eigenvalue weighted by Crippen LogP contribution is -2.24. The lowest BCUT2D eigenvalue weighted by Gasteiger charge is -2.10. The molecule has 1 unspecified atom stereocenters. The van der Waals surface area contributed by atoms with Gasteiger partial charge in [-0.3, -0.25) is 0 Å². The van der Waals surface area contributed by atoms with Gasteiger partial charge in [0.15, 0.2) is 0 Å². The van der Waals surface area contributed by atoms with Gasteiger partial charge in [0.25, 0.3) is 0 Å². The molecule has 0 bridgehead atoms. The van der Waals surface area contributed by atoms with E-state index in [1.165, 1.54) is 0 Å². The molecule has 1 atom stereocenters. The Bertz CT molecular complexity index is 362. The van der Waals surface area contributed by atoms with Crippen molar-refractivity contribution in [2.24, 2.45) is 5.16 Å². The molecule has 0 aromatic heterocycles. The SMILES string of the molecule is CCOC(=O)C(CC)O/N=C/c1ccccc1. The van der Waals surface area contributed by atoms with E-state index in [0.29, 0.717) is 13.0 Å². The summed E-state index contributed by atoms with van der Waals surface area (Å²) in [7, 11) is 0. The maximum atomic E-state index is 11.4. The van der Waals surface area contributed by atoms with Crippen molar-refractivity contribution in [3.05, 3.63) is 35.9 Å². The molecule has 0 saturated heterocycles. The van der Waals surface area contributed by atoms with Crippen LogP contribution in [0.3, 0.4) is 0 Å². The minimum atomic E-state index is -0.630. The molecule has 0 heterocycles. The number of carbonyl (C=O) groups excluding carboxylic acids is 1. The Balaban J connectivity index is 2.48. The number of benzene rings is 1. The smallest absolute Gasteiger partial charge is 0.350 e. The summed E-state index contributed by atoms with van der Waals surface area (Å²) >= 11 is 0. The summed E-state index contributed by atoms with van der Waals surface area (Å²) in [5, 5.41) is 3.79. The van der Waals surface area contributed by atoms with Crippen molar-refractivity contribution in [2.45, 2.75) is 26.4 Å². The predicted molar refractivity (Wildman–Crippen MR) is 65.8 cm³/mol. The van der Waals surface area contributed by atoms with Crippen LogP contribution < -0.4 is 0 Å². The Morgan fingerprint density at radius 3 is 2.65 bits per heavy atom. The van der Waals surface area contributed by atoms with E-state index in [1.54, 1.807) is 13.1 Å². The Morgan fingerprint density at radius 2 is 2.06 bits per heavy atom. The highest BCUT2D eigenvalue weighted by molar-refractivity contribution is 5.79. The second-order valence-electron chi connectivity index (χ2n) is 3.40. The molecule has 0 fully saturated rings. The number of hydrogen-bond donors (Lipinski definition) is 0. The van der Waals surface area contributed by atoms with Crippen LogP contribution in [-0.2, 0) is 14.4 Å². The fraction of sp³-hybridized carbons (Fsp3) is 0.385. The van der Waals surface area contributed by atoms with Crippen LogP contribution in [0.25, 0.3) is 0 Å². The van der Waals surface area contributed by atoms with Crippen molar-refractivity contribution < 1.29 is 14.4 Å². The Morgan fingerprint density at radius 1 is 1.35 bits per heavy atom. The lowest BCUT2D eigenvalue weighted by molar-refractivity contribution is -0.156. The van der Waals surface area contributed by atoms with E-state index in [2.05, 4.69) is 5.16 Å². The van der Waals surface area contributed by atoms with Gasteiger partial charge in [-0.1, -0.05) is 42.4 Å². The van der Waals surface area contributed by atoms with Crippen molar-refractivity contribution >= 4 is 12.2 Å². The van der Waals surface area contributed by atoms with Gasteiger partial charge in [0.1, 0.15) is 0 Å². The van der Waals surface area contributed by atoms with Crippen LogP contribution in [0.5, 0.6) is 0 Å². The van der Waals surface area contributed by atoms with Crippen LogP contribution in [0.1, 0.15) is 25.8 Å². The van der Waals surface area contributed by atoms with Crippen LogP contribution in [0, 0.1) is 0 Å². The van der Waals surface area contributed by atoms with Crippen molar-refractivity contribution in [3.8, 4) is 0 Å². The minimum Gasteiger partial charge on any atom is -0.463 e. The van der Waals surface area contributed by atoms with Gasteiger partial charge >= 0.3 is 5.97 Å². The monoisotopic (exact) mass is 235 g/mol. The van der Waals surface area contributed by atoms with Gasteiger partial charge in [-0.15, -0.1) is 0 Å². The summed E-state index contributed by atoms with van der Waals surface area (Å²) in [6, 6.07) is 9.54. The zero-order valence-electron chi connectivity index (χ0n) is 10.1. The molecule has 1 rings (SSSR count). The van der Waals surface area contributed by atoms with E-state index < -0.39 is 6.10 Å². The highest BCUT2D eigenvalue weighted by Gasteiger charge is 2.18. The van der Waals surface area contributed by atoms with E-state index >= 15 is 0 Å². The van der Waals surface area contributed by atoms with Crippen molar-refractivity contribution in [1.82, 2.24) is 0 Å². The zero-order valence-corrected chi connectivity index (χ0v) is 10.1. The maximum Gasteiger partial charge on any atom is 0.350 e. The highest BCUT2D eigenvalue weighted by atomic mass is 16.7. The van der Waals surface area contributed by atoms with Gasteiger partial charge in [0, 0.05) is 0 Å². The van der Waals surface area contributed by atoms with Crippen molar-refractivity contribution in [1.29, 1.82) is 0 Å². The molecule has 92 valence electrons. The molecule has 4 nitrogen and oxygen atoms in total. The van der Waals surface area contributed by atoms with Gasteiger partial charge < -0.3 is 9.57 Å². The maximum absolute atomic E-state index is 11.4. The van der Waals surface area contributed by atoms with E-state index in [1.807, 2.05) is 37.3 Å². The average Bonchev–Trinajstić information content (AvgIpc) is 2.36. The van der Waals surface area contributed by atoms with Crippen LogP contribution in [0.4, 0.5) is 0 Å². The Kier molecular flexibility index (Phi) is 5.79. The fourth-order valence-corrected chi connectivity index (χ4v) is 1.22. The molecule has 0 amide bonds. The molecule has 0 aliphatic heterocycles. The minimum absolute atomic E-state index is 0.348. The third-order valence-corrected chi connectivity index (χ3v) is 2.11. The summed E-state index contributed by atoms with van der Waals surface area (Å²) in [5.74, 6) is -0.375. The first-order valence-corrected chi connectivity index (χ1v) is 5.68. The molecule has 0 spiro atoms. The topological polar surface area (TPSA) is 47.9 Å². The van der Waals surface area contributed by atoms with Crippen LogP contribution in [0.2, 0.25) is 0 Å². The first-order chi connectivity index (χ1) is 8.27. The van der Waals surface area contributed by atoms with Gasteiger partial charge in [0.2, 0.25) is 6.10 Å². The second-order valence-corrected chi connectivity index (χ2v) is 3.40. The van der Waals surface area contributed by atoms with Gasteiger partial charge in [-0.25, -0.2) is 4.79 Å². The fourth-order valence-electron chi connectivity index (χ4n) is 1.22. The Labute approximate surface area is 101 Å². The summed E-state index contributed by atoms with van der Waals surface area (Å²) in [6.45, 7) is 3.96. The quantitative estimate of drug-likeness (QED) is 0.432. The summed E-state index contributed by atoms with van der Waals surface area (Å²) in [4.78, 5) is 16.5. The highest BCUT2D eigenvalue weighted by Crippen LogP contribution is 2.02. The van der Waals surface area contributed by atoms with Crippen molar-refractivity contribution in [2.75, 3.05) is 6.61 Å². The molecule has 0 saturated carbocycles. The third kappa shape index (κ3) is 4.68. The van der Waals surface area contributed by atoms with E-state index in [9.17, 15) is 4.79 Å². The molecule has 0 aliphatic rings. The Hall–Kier alpha value is -1.84. The zero-order chi connectivity index (χ0) is 12.5. The molecular weight excluding hydrogens is 218 g/mol. The predicted octanol–water partition coefficient (Wildman–Crippen LogP) is 2.38. The third-order valence-electron chi connectivity index (χ3n) is 2.11. The number of hydrogen-bond acceptors (Lipinski definition) is 4. The summed E-state index contributed by atoms with van der Waals surface area (Å²) in [6.07, 6.45) is 1.47. The number of nitrogens with zero attached hydrogens (tertiary/aromatic N) is 1. The van der Waals surface area contributed by atoms with Crippen LogP contribution in [0.15, 0.2) is 35.5 Å². The molecule has 0 radical (unpaired) electrons. The number of ether oxygens (including phenoxy) is 1.